The number of carbonyl (C=O) groups excluding carboxylic acids is 1. The van der Waals surface area contributed by atoms with E-state index in [0.717, 1.165) is 26.7 Å². The fraction of sp³-hybridized carbons (Fsp3) is 0.261. The minimum Gasteiger partial charge on any atom is -0.493 e. The van der Waals surface area contributed by atoms with Gasteiger partial charge in [0, 0.05) is 28.7 Å². The predicted octanol–water partition coefficient (Wildman–Crippen LogP) is 4.46. The second-order valence-corrected chi connectivity index (χ2v) is 7.77. The fourth-order valence-corrected chi connectivity index (χ4v) is 3.62. The Balaban J connectivity index is 1.98. The third-order valence-corrected chi connectivity index (χ3v) is 5.23. The van der Waals surface area contributed by atoms with Crippen LogP contribution in [0, 0.1) is 0 Å². The average Bonchev–Trinajstić information content (AvgIpc) is 2.72. The molecule has 0 atom stereocenters. The van der Waals surface area contributed by atoms with Crippen LogP contribution in [0.5, 0.6) is 17.2 Å². The third kappa shape index (κ3) is 4.89. The van der Waals surface area contributed by atoms with Crippen molar-refractivity contribution in [3.63, 3.8) is 0 Å². The van der Waals surface area contributed by atoms with Crippen molar-refractivity contribution in [1.29, 1.82) is 0 Å². The van der Waals surface area contributed by atoms with E-state index in [-0.39, 0.29) is 5.78 Å². The maximum atomic E-state index is 13.1. The Morgan fingerprint density at radius 2 is 1.38 bits per heavy atom. The number of ether oxygens (including phenoxy) is 3. The lowest BCUT2D eigenvalue weighted by Gasteiger charge is -2.26. The molecule has 152 valence electrons. The van der Waals surface area contributed by atoms with Gasteiger partial charge >= 0.3 is 0 Å². The molecule has 0 aliphatic carbocycles. The van der Waals surface area contributed by atoms with Gasteiger partial charge in [-0.2, -0.15) is 0 Å². The maximum absolute atomic E-state index is 13.1. The molecular formula is C23H24BrNO4. The van der Waals surface area contributed by atoms with Crippen molar-refractivity contribution in [1.82, 2.24) is 4.90 Å². The number of carbonyl (C=O) groups is 1. The zero-order valence-corrected chi connectivity index (χ0v) is 18.6. The lowest BCUT2D eigenvalue weighted by atomic mass is 9.94. The van der Waals surface area contributed by atoms with E-state index < -0.39 is 0 Å². The van der Waals surface area contributed by atoms with Crippen LogP contribution >= 0.6 is 15.9 Å². The highest BCUT2D eigenvalue weighted by atomic mass is 79.9. The number of nitrogens with zero attached hydrogens (tertiary/aromatic N) is 1. The monoisotopic (exact) mass is 457 g/mol. The second kappa shape index (κ2) is 9.29. The highest BCUT2D eigenvalue weighted by Crippen LogP contribution is 2.39. The fourth-order valence-electron chi connectivity index (χ4n) is 3.36. The molecule has 0 N–H and O–H groups in total. The lowest BCUT2D eigenvalue weighted by molar-refractivity contribution is -0.113. The first-order chi connectivity index (χ1) is 13.9. The molecule has 5 nitrogen and oxygen atoms in total. The summed E-state index contributed by atoms with van der Waals surface area (Å²) in [6.45, 7) is 1.19. The van der Waals surface area contributed by atoms with E-state index in [4.69, 9.17) is 14.2 Å². The van der Waals surface area contributed by atoms with Gasteiger partial charge in [-0.25, -0.2) is 0 Å². The number of Topliss-reactive ketones (excluding diaryl/α,β-unsaturated/α-hetero) is 1. The maximum Gasteiger partial charge on any atom is 0.203 e. The Bertz CT molecular complexity index is 938. The number of piperidine rings is 1. The Hall–Kier alpha value is -2.57. The molecule has 0 spiro atoms. The van der Waals surface area contributed by atoms with E-state index in [2.05, 4.69) is 20.8 Å². The topological polar surface area (TPSA) is 48.0 Å². The number of hydrogen-bond acceptors (Lipinski definition) is 5. The van der Waals surface area contributed by atoms with Crippen LogP contribution in [0.1, 0.15) is 11.1 Å². The smallest absolute Gasteiger partial charge is 0.203 e. The van der Waals surface area contributed by atoms with Crippen LogP contribution in [0.2, 0.25) is 0 Å². The van der Waals surface area contributed by atoms with Crippen molar-refractivity contribution >= 4 is 33.9 Å². The highest BCUT2D eigenvalue weighted by molar-refractivity contribution is 9.10. The van der Waals surface area contributed by atoms with E-state index in [1.54, 1.807) is 21.3 Å². The first-order valence-electron chi connectivity index (χ1n) is 9.15. The second-order valence-electron chi connectivity index (χ2n) is 6.85. The minimum absolute atomic E-state index is 0.0553. The zero-order valence-electron chi connectivity index (χ0n) is 17.0. The van der Waals surface area contributed by atoms with Gasteiger partial charge in [0.2, 0.25) is 5.75 Å². The number of rotatable bonds is 5. The van der Waals surface area contributed by atoms with Gasteiger partial charge in [0.15, 0.2) is 17.3 Å². The van der Waals surface area contributed by atoms with Gasteiger partial charge in [-0.1, -0.05) is 28.1 Å². The summed E-state index contributed by atoms with van der Waals surface area (Å²) in [6.07, 6.45) is 3.84. The molecule has 0 radical (unpaired) electrons. The molecule has 0 aromatic heterocycles. The van der Waals surface area contributed by atoms with Crippen LogP contribution in [0.4, 0.5) is 0 Å². The molecule has 3 rings (SSSR count). The molecule has 0 amide bonds. The zero-order chi connectivity index (χ0) is 21.0. The third-order valence-electron chi connectivity index (χ3n) is 4.70. The van der Waals surface area contributed by atoms with Crippen molar-refractivity contribution in [2.75, 3.05) is 41.5 Å². The Labute approximate surface area is 179 Å². The molecule has 2 aromatic carbocycles. The van der Waals surface area contributed by atoms with Crippen molar-refractivity contribution < 1.29 is 19.0 Å². The standard InChI is InChI=1S/C23H24BrNO4/c1-25-13-17(9-15-5-7-19(24)8-6-15)22(26)18(14-25)10-16-11-20(27-2)23(29-4)21(12-16)28-3/h5-12H,13-14H2,1-4H3/b17-9+,18-10+. The number of likely N-dealkylation sites (tertiary alicyclic amines) is 1. The van der Waals surface area contributed by atoms with E-state index in [1.807, 2.05) is 55.6 Å². The SMILES string of the molecule is COc1cc(/C=C2\CN(C)C/C(=C\c3ccc(Br)cc3)C2=O)cc(OC)c1OC. The van der Waals surface area contributed by atoms with Crippen molar-refractivity contribution in [3.05, 3.63) is 63.1 Å². The number of likely N-dealkylation sites (N-methyl/N-ethyl adjacent to an activating group) is 1. The summed E-state index contributed by atoms with van der Waals surface area (Å²) in [5, 5.41) is 0. The van der Waals surface area contributed by atoms with Crippen LogP contribution in [-0.2, 0) is 4.79 Å². The quantitative estimate of drug-likeness (QED) is 0.620. The van der Waals surface area contributed by atoms with Crippen molar-refractivity contribution in [2.45, 2.75) is 0 Å². The summed E-state index contributed by atoms with van der Waals surface area (Å²) in [7, 11) is 6.72. The molecule has 0 unspecified atom stereocenters. The molecule has 0 saturated carbocycles. The van der Waals surface area contributed by atoms with E-state index in [1.165, 1.54) is 0 Å². The van der Waals surface area contributed by atoms with Crippen LogP contribution in [-0.4, -0.2) is 52.1 Å². The number of halogens is 1. The largest absolute Gasteiger partial charge is 0.493 e. The molecule has 1 aliphatic rings. The summed E-state index contributed by atoms with van der Waals surface area (Å²) in [6, 6.07) is 11.6. The van der Waals surface area contributed by atoms with E-state index in [9.17, 15) is 4.79 Å². The van der Waals surface area contributed by atoms with Gasteiger partial charge in [-0.3, -0.25) is 9.69 Å². The van der Waals surface area contributed by atoms with Crippen LogP contribution in [0.3, 0.4) is 0 Å². The summed E-state index contributed by atoms with van der Waals surface area (Å²) in [5.41, 5.74) is 3.30. The van der Waals surface area contributed by atoms with Gasteiger partial charge in [0.25, 0.3) is 0 Å². The summed E-state index contributed by atoms with van der Waals surface area (Å²) in [5.74, 6) is 1.70. The molecule has 0 bridgehead atoms. The summed E-state index contributed by atoms with van der Waals surface area (Å²) in [4.78, 5) is 15.2. The molecular weight excluding hydrogens is 434 g/mol. The number of methoxy groups -OCH3 is 3. The normalized spacial score (nSPS) is 17.6. The number of hydrogen-bond donors (Lipinski definition) is 0. The molecule has 1 fully saturated rings. The molecule has 6 heteroatoms. The molecule has 1 heterocycles. The molecule has 1 aliphatic heterocycles. The van der Waals surface area contributed by atoms with Gasteiger partial charge in [0.1, 0.15) is 0 Å². The molecule has 2 aromatic rings. The minimum atomic E-state index is 0.0553. The first-order valence-corrected chi connectivity index (χ1v) is 9.94. The first kappa shape index (κ1) is 21.1. The van der Waals surface area contributed by atoms with Crippen molar-refractivity contribution in [2.24, 2.45) is 0 Å². The Morgan fingerprint density at radius 3 is 1.86 bits per heavy atom. The van der Waals surface area contributed by atoms with Gasteiger partial charge < -0.3 is 14.2 Å². The number of ketones is 1. The van der Waals surface area contributed by atoms with Crippen LogP contribution in [0.25, 0.3) is 12.2 Å². The Morgan fingerprint density at radius 1 is 0.862 bits per heavy atom. The summed E-state index contributed by atoms with van der Waals surface area (Å²) >= 11 is 3.44. The van der Waals surface area contributed by atoms with Gasteiger partial charge in [0.05, 0.1) is 21.3 Å². The average molecular weight is 458 g/mol. The Kier molecular flexibility index (Phi) is 6.77. The molecule has 29 heavy (non-hydrogen) atoms. The lowest BCUT2D eigenvalue weighted by Crippen LogP contribution is -2.34. The predicted molar refractivity (Wildman–Crippen MR) is 119 cm³/mol. The van der Waals surface area contributed by atoms with Crippen LogP contribution in [0.15, 0.2) is 52.0 Å². The molecule has 1 saturated heterocycles. The van der Waals surface area contributed by atoms with E-state index >= 15 is 0 Å². The number of benzene rings is 2. The summed E-state index contributed by atoms with van der Waals surface area (Å²) < 4.78 is 17.2. The van der Waals surface area contributed by atoms with Crippen molar-refractivity contribution in [3.8, 4) is 17.2 Å². The van der Waals surface area contributed by atoms with E-state index in [0.29, 0.717) is 30.3 Å². The van der Waals surface area contributed by atoms with Gasteiger partial charge in [-0.05, 0) is 54.6 Å². The van der Waals surface area contributed by atoms with Crippen LogP contribution < -0.4 is 14.2 Å². The van der Waals surface area contributed by atoms with Gasteiger partial charge in [-0.15, -0.1) is 0 Å². The highest BCUT2D eigenvalue weighted by Gasteiger charge is 2.24.